The van der Waals surface area contributed by atoms with Crippen molar-refractivity contribution in [1.82, 2.24) is 0 Å². The fraction of sp³-hybridized carbons (Fsp3) is 0.222. The molecular formula is C18H17N3O5. The fourth-order valence-electron chi connectivity index (χ4n) is 2.95. The van der Waals surface area contributed by atoms with Crippen LogP contribution in [0.1, 0.15) is 33.6 Å². The van der Waals surface area contributed by atoms with Gasteiger partial charge in [-0.1, -0.05) is 0 Å². The van der Waals surface area contributed by atoms with E-state index in [9.17, 15) is 19.7 Å². The second-order valence-electron chi connectivity index (χ2n) is 5.99. The van der Waals surface area contributed by atoms with Gasteiger partial charge >= 0.3 is 5.97 Å². The van der Waals surface area contributed by atoms with E-state index in [1.165, 1.54) is 36.4 Å². The van der Waals surface area contributed by atoms with Crippen molar-refractivity contribution in [3.05, 3.63) is 63.7 Å². The largest absolute Gasteiger partial charge is 0.478 e. The number of amides is 1. The number of carbonyl (C=O) groups is 2. The maximum atomic E-state index is 12.7. The van der Waals surface area contributed by atoms with Crippen LogP contribution in [0.4, 0.5) is 17.1 Å². The fourth-order valence-corrected chi connectivity index (χ4v) is 2.95. The minimum absolute atomic E-state index is 0.108. The van der Waals surface area contributed by atoms with Crippen LogP contribution in [-0.4, -0.2) is 35.0 Å². The highest BCUT2D eigenvalue weighted by Gasteiger charge is 2.22. The molecule has 8 nitrogen and oxygen atoms in total. The lowest BCUT2D eigenvalue weighted by atomic mass is 10.1. The van der Waals surface area contributed by atoms with Crippen LogP contribution < -0.4 is 10.2 Å². The molecule has 26 heavy (non-hydrogen) atoms. The molecule has 1 aliphatic rings. The summed E-state index contributed by atoms with van der Waals surface area (Å²) < 4.78 is 0. The first-order valence-corrected chi connectivity index (χ1v) is 8.14. The number of nitro benzene ring substituents is 1. The van der Waals surface area contributed by atoms with Gasteiger partial charge in [0.15, 0.2) is 0 Å². The maximum Gasteiger partial charge on any atom is 0.335 e. The van der Waals surface area contributed by atoms with Crippen molar-refractivity contribution in [1.29, 1.82) is 0 Å². The second-order valence-corrected chi connectivity index (χ2v) is 5.99. The number of anilines is 2. The highest BCUT2D eigenvalue weighted by molar-refractivity contribution is 6.08. The van der Waals surface area contributed by atoms with Crippen molar-refractivity contribution < 1.29 is 19.6 Å². The Labute approximate surface area is 149 Å². The molecule has 1 heterocycles. The van der Waals surface area contributed by atoms with Gasteiger partial charge in [-0.05, 0) is 43.2 Å². The zero-order valence-corrected chi connectivity index (χ0v) is 13.8. The highest BCUT2D eigenvalue weighted by Crippen LogP contribution is 2.29. The van der Waals surface area contributed by atoms with Gasteiger partial charge in [0.2, 0.25) is 0 Å². The molecule has 8 heteroatoms. The van der Waals surface area contributed by atoms with Crippen LogP contribution >= 0.6 is 0 Å². The number of nitrogens with zero attached hydrogens (tertiary/aromatic N) is 2. The summed E-state index contributed by atoms with van der Waals surface area (Å²) in [5, 5.41) is 22.7. The van der Waals surface area contributed by atoms with E-state index in [-0.39, 0.29) is 16.8 Å². The van der Waals surface area contributed by atoms with E-state index in [1.807, 2.05) is 4.90 Å². The van der Waals surface area contributed by atoms with Gasteiger partial charge in [-0.2, -0.15) is 0 Å². The number of nitro groups is 1. The summed E-state index contributed by atoms with van der Waals surface area (Å²) in [6.07, 6.45) is 2.02. The van der Waals surface area contributed by atoms with Gasteiger partial charge in [0, 0.05) is 30.9 Å². The maximum absolute atomic E-state index is 12.7. The molecule has 2 aromatic rings. The average molecular weight is 355 g/mol. The third-order valence-corrected chi connectivity index (χ3v) is 4.27. The van der Waals surface area contributed by atoms with Gasteiger partial charge in [0.05, 0.1) is 21.7 Å². The van der Waals surface area contributed by atoms with Gasteiger partial charge in [0.1, 0.15) is 0 Å². The minimum atomic E-state index is -1.06. The molecule has 2 N–H and O–H groups in total. The van der Waals surface area contributed by atoms with Crippen LogP contribution in [0.2, 0.25) is 0 Å². The molecule has 0 saturated carbocycles. The first-order chi connectivity index (χ1) is 12.5. The summed E-state index contributed by atoms with van der Waals surface area (Å²) in [7, 11) is 0. The smallest absolute Gasteiger partial charge is 0.335 e. The van der Waals surface area contributed by atoms with Crippen LogP contribution in [0.15, 0.2) is 42.5 Å². The Morgan fingerprint density at radius 3 is 2.31 bits per heavy atom. The molecule has 1 fully saturated rings. The molecule has 2 aromatic carbocycles. The quantitative estimate of drug-likeness (QED) is 0.629. The highest BCUT2D eigenvalue weighted by atomic mass is 16.6. The number of nitrogens with one attached hydrogen (secondary N) is 1. The number of aromatic carboxylic acids is 1. The van der Waals surface area contributed by atoms with Gasteiger partial charge in [0.25, 0.3) is 11.6 Å². The summed E-state index contributed by atoms with van der Waals surface area (Å²) in [6, 6.07) is 9.99. The Morgan fingerprint density at radius 2 is 1.73 bits per heavy atom. The van der Waals surface area contributed by atoms with Crippen molar-refractivity contribution >= 4 is 28.9 Å². The Bertz CT molecular complexity index is 858. The Balaban J connectivity index is 1.89. The third-order valence-electron chi connectivity index (χ3n) is 4.27. The Kier molecular flexibility index (Phi) is 4.83. The first kappa shape index (κ1) is 17.4. The van der Waals surface area contributed by atoms with E-state index >= 15 is 0 Å². The minimum Gasteiger partial charge on any atom is -0.478 e. The molecule has 0 aliphatic carbocycles. The SMILES string of the molecule is O=C(O)c1ccc(NC(=O)c2cc([N+](=O)[O-])ccc2N2CCCC2)cc1. The summed E-state index contributed by atoms with van der Waals surface area (Å²) in [4.78, 5) is 36.2. The summed E-state index contributed by atoms with van der Waals surface area (Å²) >= 11 is 0. The molecule has 0 radical (unpaired) electrons. The van der Waals surface area contributed by atoms with E-state index in [0.29, 0.717) is 11.4 Å². The van der Waals surface area contributed by atoms with Crippen LogP contribution in [0.25, 0.3) is 0 Å². The number of carbonyl (C=O) groups excluding carboxylic acids is 1. The number of carboxylic acid groups (broad SMARTS) is 1. The van der Waals surface area contributed by atoms with Crippen molar-refractivity contribution in [3.8, 4) is 0 Å². The van der Waals surface area contributed by atoms with Crippen LogP contribution in [-0.2, 0) is 0 Å². The molecule has 0 spiro atoms. The molecule has 1 amide bonds. The Morgan fingerprint density at radius 1 is 1.08 bits per heavy atom. The second kappa shape index (κ2) is 7.22. The first-order valence-electron chi connectivity index (χ1n) is 8.14. The van der Waals surface area contributed by atoms with E-state index in [0.717, 1.165) is 25.9 Å². The molecule has 3 rings (SSSR count). The molecule has 134 valence electrons. The van der Waals surface area contributed by atoms with Gasteiger partial charge < -0.3 is 15.3 Å². The van der Waals surface area contributed by atoms with Gasteiger partial charge in [-0.15, -0.1) is 0 Å². The summed E-state index contributed by atoms with van der Waals surface area (Å²) in [5.41, 5.74) is 1.26. The van der Waals surface area contributed by atoms with Gasteiger partial charge in [-0.3, -0.25) is 14.9 Å². The molecule has 0 aromatic heterocycles. The average Bonchev–Trinajstić information content (AvgIpc) is 3.16. The molecule has 1 saturated heterocycles. The number of benzene rings is 2. The normalized spacial score (nSPS) is 13.5. The summed E-state index contributed by atoms with van der Waals surface area (Å²) in [5.74, 6) is -1.53. The molecule has 0 bridgehead atoms. The van der Waals surface area contributed by atoms with Gasteiger partial charge in [-0.25, -0.2) is 4.79 Å². The zero-order valence-electron chi connectivity index (χ0n) is 13.8. The zero-order chi connectivity index (χ0) is 18.7. The topological polar surface area (TPSA) is 113 Å². The number of carboxylic acids is 1. The lowest BCUT2D eigenvalue weighted by molar-refractivity contribution is -0.384. The predicted molar refractivity (Wildman–Crippen MR) is 95.9 cm³/mol. The number of rotatable bonds is 5. The van der Waals surface area contributed by atoms with Crippen molar-refractivity contribution in [2.75, 3.05) is 23.3 Å². The Hall–Kier alpha value is -3.42. The number of hydrogen-bond acceptors (Lipinski definition) is 5. The molecule has 0 atom stereocenters. The van der Waals surface area contributed by atoms with Crippen molar-refractivity contribution in [2.24, 2.45) is 0 Å². The summed E-state index contributed by atoms with van der Waals surface area (Å²) in [6.45, 7) is 1.59. The lowest BCUT2D eigenvalue weighted by Gasteiger charge is -2.20. The number of hydrogen-bond donors (Lipinski definition) is 2. The van der Waals surface area contributed by atoms with Crippen LogP contribution in [0.5, 0.6) is 0 Å². The van der Waals surface area contributed by atoms with E-state index in [1.54, 1.807) is 6.07 Å². The number of non-ortho nitro benzene ring substituents is 1. The standard InChI is InChI=1S/C18H17N3O5/c22-17(19-13-5-3-12(4-6-13)18(23)24)15-11-14(21(25)26)7-8-16(15)20-9-1-2-10-20/h3-8,11H,1-2,9-10H2,(H,19,22)(H,23,24). The van der Waals surface area contributed by atoms with Crippen LogP contribution in [0.3, 0.4) is 0 Å². The van der Waals surface area contributed by atoms with Crippen LogP contribution in [0, 0.1) is 10.1 Å². The van der Waals surface area contributed by atoms with E-state index < -0.39 is 16.8 Å². The molecule has 1 aliphatic heterocycles. The molecule has 0 unspecified atom stereocenters. The van der Waals surface area contributed by atoms with E-state index in [2.05, 4.69) is 5.32 Å². The predicted octanol–water partition coefficient (Wildman–Crippen LogP) is 3.15. The lowest BCUT2D eigenvalue weighted by Crippen LogP contribution is -2.23. The van der Waals surface area contributed by atoms with E-state index in [4.69, 9.17) is 5.11 Å². The third kappa shape index (κ3) is 3.64. The van der Waals surface area contributed by atoms with Crippen molar-refractivity contribution in [3.63, 3.8) is 0 Å². The van der Waals surface area contributed by atoms with Crippen molar-refractivity contribution in [2.45, 2.75) is 12.8 Å². The monoisotopic (exact) mass is 355 g/mol. The molecular weight excluding hydrogens is 338 g/mol.